The Hall–Kier alpha value is -1.49. The number of carbonyl (C=O) groups excluding carboxylic acids is 1. The molecule has 0 saturated heterocycles. The van der Waals surface area contributed by atoms with Crippen molar-refractivity contribution < 1.29 is 4.79 Å². The van der Waals surface area contributed by atoms with Gasteiger partial charge in [0.25, 0.3) is 5.78 Å². The number of hydrogen-bond acceptors (Lipinski definition) is 4. The van der Waals surface area contributed by atoms with E-state index in [2.05, 4.69) is 15.2 Å². The zero-order valence-corrected chi connectivity index (χ0v) is 7.27. The van der Waals surface area contributed by atoms with Crippen LogP contribution >= 0.6 is 11.6 Å². The zero-order valence-electron chi connectivity index (χ0n) is 6.51. The van der Waals surface area contributed by atoms with Crippen molar-refractivity contribution in [1.29, 1.82) is 0 Å². The minimum Gasteiger partial charge on any atom is -0.303 e. The summed E-state index contributed by atoms with van der Waals surface area (Å²) in [6, 6.07) is 0. The molecule has 0 spiro atoms. The first-order valence-electron chi connectivity index (χ1n) is 3.60. The van der Waals surface area contributed by atoms with Gasteiger partial charge in [0, 0.05) is 12.6 Å². The van der Waals surface area contributed by atoms with Crippen molar-refractivity contribution in [2.75, 3.05) is 0 Å². The second-order valence-electron chi connectivity index (χ2n) is 2.40. The fourth-order valence-electron chi connectivity index (χ4n) is 1.04. The minimum atomic E-state index is 0.197. The Morgan fingerprint density at radius 1 is 1.62 bits per heavy atom. The molecule has 5 nitrogen and oxygen atoms in total. The van der Waals surface area contributed by atoms with Gasteiger partial charge in [-0.25, -0.2) is 4.98 Å². The molecule has 0 saturated carbocycles. The molecule has 0 aliphatic carbocycles. The highest BCUT2D eigenvalue weighted by Crippen LogP contribution is 2.15. The smallest absolute Gasteiger partial charge is 0.255 e. The molecule has 0 unspecified atom stereocenters. The number of aldehydes is 1. The zero-order chi connectivity index (χ0) is 9.26. The molecule has 13 heavy (non-hydrogen) atoms. The second-order valence-corrected chi connectivity index (χ2v) is 2.76. The summed E-state index contributed by atoms with van der Waals surface area (Å²) in [6.45, 7) is 0. The maximum atomic E-state index is 10.3. The highest BCUT2D eigenvalue weighted by atomic mass is 35.5. The molecule has 0 atom stereocenters. The largest absolute Gasteiger partial charge is 0.303 e. The molecule has 0 aliphatic heterocycles. The summed E-state index contributed by atoms with van der Waals surface area (Å²) >= 11 is 5.91. The van der Waals surface area contributed by atoms with Crippen LogP contribution in [0.3, 0.4) is 0 Å². The molecule has 2 aromatic rings. The van der Waals surface area contributed by atoms with Gasteiger partial charge in [-0.2, -0.15) is 5.10 Å². The quantitative estimate of drug-likeness (QED) is 0.657. The Morgan fingerprint density at radius 3 is 3.15 bits per heavy atom. The SMILES string of the molecule is O=CCc1nc2nnccn2c1Cl. The predicted molar refractivity (Wildman–Crippen MR) is 45.6 cm³/mol. The minimum absolute atomic E-state index is 0.197. The van der Waals surface area contributed by atoms with Crippen LogP contribution in [0.1, 0.15) is 5.69 Å². The lowest BCUT2D eigenvalue weighted by Crippen LogP contribution is -1.89. The molecule has 0 aromatic carbocycles. The number of nitrogens with zero attached hydrogens (tertiary/aromatic N) is 4. The van der Waals surface area contributed by atoms with Crippen LogP contribution < -0.4 is 0 Å². The molecule has 0 amide bonds. The Kier molecular flexibility index (Phi) is 1.94. The van der Waals surface area contributed by atoms with Crippen LogP contribution in [-0.2, 0) is 11.2 Å². The topological polar surface area (TPSA) is 60.2 Å². The third-order valence-electron chi connectivity index (χ3n) is 1.61. The predicted octanol–water partition coefficient (Wildman–Crippen LogP) is 0.519. The average Bonchev–Trinajstić information content (AvgIpc) is 2.46. The van der Waals surface area contributed by atoms with Gasteiger partial charge in [0.05, 0.1) is 11.9 Å². The van der Waals surface area contributed by atoms with Crippen LogP contribution in [0.2, 0.25) is 5.15 Å². The number of fused-ring (bicyclic) bond motifs is 1. The molecule has 0 radical (unpaired) electrons. The van der Waals surface area contributed by atoms with Gasteiger partial charge >= 0.3 is 0 Å². The van der Waals surface area contributed by atoms with Crippen LogP contribution in [0.5, 0.6) is 0 Å². The van der Waals surface area contributed by atoms with E-state index in [1.807, 2.05) is 0 Å². The first-order chi connectivity index (χ1) is 6.33. The van der Waals surface area contributed by atoms with E-state index in [1.165, 1.54) is 6.20 Å². The third-order valence-corrected chi connectivity index (χ3v) is 2.01. The molecule has 0 N–H and O–H groups in total. The van der Waals surface area contributed by atoms with E-state index < -0.39 is 0 Å². The third kappa shape index (κ3) is 1.27. The number of carbonyl (C=O) groups is 1. The van der Waals surface area contributed by atoms with Crippen LogP contribution in [0.15, 0.2) is 12.4 Å². The van der Waals surface area contributed by atoms with Crippen LogP contribution in [-0.4, -0.2) is 25.9 Å². The highest BCUT2D eigenvalue weighted by Gasteiger charge is 2.09. The number of halogens is 1. The Balaban J connectivity index is 2.66. The molecule has 2 aromatic heterocycles. The maximum absolute atomic E-state index is 10.3. The number of hydrogen-bond donors (Lipinski definition) is 0. The molecule has 2 rings (SSSR count). The van der Waals surface area contributed by atoms with Crippen LogP contribution in [0.25, 0.3) is 5.78 Å². The molecular formula is C7H5ClN4O. The average molecular weight is 197 g/mol. The number of rotatable bonds is 2. The molecule has 0 bridgehead atoms. The van der Waals surface area contributed by atoms with Gasteiger partial charge in [-0.15, -0.1) is 5.10 Å². The van der Waals surface area contributed by atoms with Crippen molar-refractivity contribution in [1.82, 2.24) is 19.6 Å². The van der Waals surface area contributed by atoms with Gasteiger partial charge < -0.3 is 4.79 Å². The van der Waals surface area contributed by atoms with E-state index in [0.717, 1.165) is 6.29 Å². The van der Waals surface area contributed by atoms with E-state index in [-0.39, 0.29) is 6.42 Å². The highest BCUT2D eigenvalue weighted by molar-refractivity contribution is 6.30. The number of imidazole rings is 1. The summed E-state index contributed by atoms with van der Waals surface area (Å²) in [5, 5.41) is 7.81. The Morgan fingerprint density at radius 2 is 2.46 bits per heavy atom. The van der Waals surface area contributed by atoms with Crippen molar-refractivity contribution in [3.8, 4) is 0 Å². The summed E-state index contributed by atoms with van der Waals surface area (Å²) in [4.78, 5) is 14.3. The van der Waals surface area contributed by atoms with Crippen molar-refractivity contribution in [3.05, 3.63) is 23.2 Å². The Bertz CT molecular complexity index is 453. The molecule has 6 heteroatoms. The van der Waals surface area contributed by atoms with Gasteiger partial charge in [0.1, 0.15) is 11.4 Å². The van der Waals surface area contributed by atoms with Crippen molar-refractivity contribution in [2.45, 2.75) is 6.42 Å². The second kappa shape index (κ2) is 3.10. The Labute approximate surface area is 78.4 Å². The van der Waals surface area contributed by atoms with Gasteiger partial charge in [-0.3, -0.25) is 4.40 Å². The van der Waals surface area contributed by atoms with Crippen molar-refractivity contribution in [3.63, 3.8) is 0 Å². The maximum Gasteiger partial charge on any atom is 0.255 e. The normalized spacial score (nSPS) is 10.5. The van der Waals surface area contributed by atoms with Gasteiger partial charge in [-0.1, -0.05) is 11.6 Å². The van der Waals surface area contributed by atoms with Crippen molar-refractivity contribution >= 4 is 23.7 Å². The molecule has 0 fully saturated rings. The first kappa shape index (κ1) is 8.12. The van der Waals surface area contributed by atoms with Crippen LogP contribution in [0.4, 0.5) is 0 Å². The summed E-state index contributed by atoms with van der Waals surface area (Å²) in [6.07, 6.45) is 4.10. The van der Waals surface area contributed by atoms with Crippen LogP contribution in [0, 0.1) is 0 Å². The lowest BCUT2D eigenvalue weighted by molar-refractivity contribution is -0.107. The summed E-state index contributed by atoms with van der Waals surface area (Å²) in [5.41, 5.74) is 0.525. The van der Waals surface area contributed by atoms with Gasteiger partial charge in [0.2, 0.25) is 0 Å². The first-order valence-corrected chi connectivity index (χ1v) is 3.98. The standard InChI is InChI=1S/C7H5ClN4O/c8-6-5(1-4-13)10-7-11-9-2-3-12(6)7/h2-4H,1H2. The fourth-order valence-corrected chi connectivity index (χ4v) is 1.29. The summed E-state index contributed by atoms with van der Waals surface area (Å²) in [5.74, 6) is 0.407. The van der Waals surface area contributed by atoms with E-state index in [0.29, 0.717) is 16.6 Å². The van der Waals surface area contributed by atoms with Gasteiger partial charge in [0.15, 0.2) is 0 Å². The van der Waals surface area contributed by atoms with E-state index >= 15 is 0 Å². The molecule has 66 valence electrons. The van der Waals surface area contributed by atoms with E-state index in [1.54, 1.807) is 10.6 Å². The molecule has 2 heterocycles. The monoisotopic (exact) mass is 196 g/mol. The lowest BCUT2D eigenvalue weighted by Gasteiger charge is -1.90. The fraction of sp³-hybridized carbons (Fsp3) is 0.143. The summed E-state index contributed by atoms with van der Waals surface area (Å²) in [7, 11) is 0. The number of aromatic nitrogens is 4. The lowest BCUT2D eigenvalue weighted by atomic mass is 10.4. The summed E-state index contributed by atoms with van der Waals surface area (Å²) < 4.78 is 1.58. The van der Waals surface area contributed by atoms with Crippen molar-refractivity contribution in [2.24, 2.45) is 0 Å². The van der Waals surface area contributed by atoms with Gasteiger partial charge in [-0.05, 0) is 0 Å². The van der Waals surface area contributed by atoms with E-state index in [4.69, 9.17) is 11.6 Å². The van der Waals surface area contributed by atoms with E-state index in [9.17, 15) is 4.79 Å². The molecule has 0 aliphatic rings. The molecular weight excluding hydrogens is 192 g/mol.